The molecule has 10 heteroatoms. The second kappa shape index (κ2) is 11.6. The molecule has 0 aromatic heterocycles. The lowest BCUT2D eigenvalue weighted by Crippen LogP contribution is -2.54. The highest BCUT2D eigenvalue weighted by molar-refractivity contribution is 5.92. The van der Waals surface area contributed by atoms with E-state index in [0.717, 1.165) is 18.4 Å². The summed E-state index contributed by atoms with van der Waals surface area (Å²) in [6.45, 7) is 1.52. The van der Waals surface area contributed by atoms with Gasteiger partial charge >= 0.3 is 5.97 Å². The first-order valence-electron chi connectivity index (χ1n) is 11.5. The topological polar surface area (TPSA) is 157 Å². The molecule has 2 aliphatic rings. The van der Waals surface area contributed by atoms with E-state index in [1.807, 2.05) is 30.3 Å². The van der Waals surface area contributed by atoms with Crippen LogP contribution in [0.1, 0.15) is 44.1 Å². The van der Waals surface area contributed by atoms with E-state index in [-0.39, 0.29) is 24.4 Å². The maximum absolute atomic E-state index is 13.3. The number of hydrogen-bond acceptors (Lipinski definition) is 6. The van der Waals surface area contributed by atoms with Gasteiger partial charge in [-0.2, -0.15) is 0 Å². The number of carbonyl (C=O) groups is 3. The van der Waals surface area contributed by atoms with E-state index in [2.05, 4.69) is 4.99 Å². The Kier molecular flexibility index (Phi) is 8.65. The summed E-state index contributed by atoms with van der Waals surface area (Å²) in [4.78, 5) is 46.0. The first kappa shape index (κ1) is 24.5. The van der Waals surface area contributed by atoms with E-state index >= 15 is 0 Å². The molecule has 6 N–H and O–H groups in total. The van der Waals surface area contributed by atoms with Crippen molar-refractivity contribution in [1.29, 1.82) is 0 Å². The summed E-state index contributed by atoms with van der Waals surface area (Å²) in [5, 5.41) is 0. The predicted molar refractivity (Wildman–Crippen MR) is 124 cm³/mol. The highest BCUT2D eigenvalue weighted by Gasteiger charge is 2.43. The zero-order chi connectivity index (χ0) is 23.8. The van der Waals surface area contributed by atoms with E-state index in [1.165, 1.54) is 0 Å². The van der Waals surface area contributed by atoms with Crippen LogP contribution in [0, 0.1) is 0 Å². The zero-order valence-electron chi connectivity index (χ0n) is 18.9. The highest BCUT2D eigenvalue weighted by Crippen LogP contribution is 2.26. The van der Waals surface area contributed by atoms with Gasteiger partial charge in [0.05, 0.1) is 6.04 Å². The average Bonchev–Trinajstić information content (AvgIpc) is 3.50. The van der Waals surface area contributed by atoms with E-state index in [9.17, 15) is 14.4 Å². The smallest absolute Gasteiger partial charge is 0.329 e. The first-order chi connectivity index (χ1) is 15.9. The fraction of sp³-hybridized carbons (Fsp3) is 0.565. The molecule has 1 aromatic carbocycles. The Balaban J connectivity index is 1.57. The number of nitrogens with two attached hydrogens (primary N) is 3. The Morgan fingerprint density at radius 3 is 2.39 bits per heavy atom. The second-order valence-corrected chi connectivity index (χ2v) is 8.53. The van der Waals surface area contributed by atoms with Gasteiger partial charge in [0, 0.05) is 19.6 Å². The van der Waals surface area contributed by atoms with Crippen molar-refractivity contribution in [3.8, 4) is 0 Å². The highest BCUT2D eigenvalue weighted by atomic mass is 16.5. The molecule has 33 heavy (non-hydrogen) atoms. The summed E-state index contributed by atoms with van der Waals surface area (Å²) in [6, 6.07) is 7.49. The molecule has 0 saturated carbocycles. The van der Waals surface area contributed by atoms with Gasteiger partial charge in [0.15, 0.2) is 5.96 Å². The Bertz CT molecular complexity index is 858. The number of guanidine groups is 1. The van der Waals surface area contributed by atoms with E-state index in [0.29, 0.717) is 45.3 Å². The monoisotopic (exact) mass is 458 g/mol. The molecule has 3 rings (SSSR count). The van der Waals surface area contributed by atoms with Gasteiger partial charge in [0.2, 0.25) is 11.8 Å². The van der Waals surface area contributed by atoms with Crippen LogP contribution >= 0.6 is 0 Å². The Morgan fingerprint density at radius 2 is 1.70 bits per heavy atom. The van der Waals surface area contributed by atoms with Gasteiger partial charge in [-0.15, -0.1) is 0 Å². The van der Waals surface area contributed by atoms with Gasteiger partial charge in [-0.25, -0.2) is 4.79 Å². The van der Waals surface area contributed by atoms with Crippen molar-refractivity contribution in [3.05, 3.63) is 35.9 Å². The molecule has 0 radical (unpaired) electrons. The van der Waals surface area contributed by atoms with Crippen molar-refractivity contribution < 1.29 is 19.1 Å². The summed E-state index contributed by atoms with van der Waals surface area (Å²) in [5.74, 6) is -0.856. The number of amides is 2. The number of carbonyl (C=O) groups excluding carboxylic acids is 3. The molecule has 0 unspecified atom stereocenters. The lowest BCUT2D eigenvalue weighted by atomic mass is 10.1. The van der Waals surface area contributed by atoms with Gasteiger partial charge in [-0.3, -0.25) is 14.6 Å². The third-order valence-electron chi connectivity index (χ3n) is 6.14. The number of aliphatic imine (C=N–C) groups is 1. The molecule has 2 aliphatic heterocycles. The molecule has 0 aliphatic carbocycles. The van der Waals surface area contributed by atoms with Crippen molar-refractivity contribution in [2.24, 2.45) is 22.2 Å². The Hall–Kier alpha value is -3.14. The number of hydrogen-bond donors (Lipinski definition) is 3. The van der Waals surface area contributed by atoms with Crippen molar-refractivity contribution >= 4 is 23.7 Å². The quantitative estimate of drug-likeness (QED) is 0.205. The minimum Gasteiger partial charge on any atom is -0.459 e. The number of likely N-dealkylation sites (tertiary alicyclic amines) is 2. The number of benzene rings is 1. The summed E-state index contributed by atoms with van der Waals surface area (Å²) in [6.07, 6.45) is 3.56. The van der Waals surface area contributed by atoms with Crippen LogP contribution in [-0.2, 0) is 25.7 Å². The molecule has 1 aromatic rings. The molecule has 0 bridgehead atoms. The van der Waals surface area contributed by atoms with E-state index < -0.39 is 24.1 Å². The molecule has 2 fully saturated rings. The Morgan fingerprint density at radius 1 is 1.03 bits per heavy atom. The SMILES string of the molecule is NC(N)=NCCC[C@H](N)C(=O)N1CCC[C@H]1C(=O)N1CCC[C@H]1C(=O)OCc1ccccc1. The fourth-order valence-electron chi connectivity index (χ4n) is 4.43. The molecular formula is C23H34N6O4. The summed E-state index contributed by atoms with van der Waals surface area (Å²) < 4.78 is 5.48. The zero-order valence-corrected chi connectivity index (χ0v) is 18.9. The van der Waals surface area contributed by atoms with Crippen LogP contribution in [0.2, 0.25) is 0 Å². The second-order valence-electron chi connectivity index (χ2n) is 8.53. The summed E-state index contributed by atoms with van der Waals surface area (Å²) in [7, 11) is 0. The van der Waals surface area contributed by atoms with Crippen LogP contribution in [0.25, 0.3) is 0 Å². The van der Waals surface area contributed by atoms with Crippen molar-refractivity contribution in [2.75, 3.05) is 19.6 Å². The third kappa shape index (κ3) is 6.44. The standard InChI is InChI=1S/C23H34N6O4/c24-17(9-4-12-27-23(25)26)20(30)28-13-5-10-18(28)21(31)29-14-6-11-19(29)22(32)33-15-16-7-2-1-3-8-16/h1-3,7-8,17-19H,4-6,9-15,24H2,(H4,25,26,27)/t17-,18-,19-/m0/s1. The number of ether oxygens (including phenoxy) is 1. The van der Waals surface area contributed by atoms with Crippen LogP contribution in [0.4, 0.5) is 0 Å². The molecule has 0 spiro atoms. The van der Waals surface area contributed by atoms with Gasteiger partial charge in [0.1, 0.15) is 18.7 Å². The molecular weight excluding hydrogens is 424 g/mol. The minimum atomic E-state index is -0.724. The third-order valence-corrected chi connectivity index (χ3v) is 6.14. The van der Waals surface area contributed by atoms with Crippen LogP contribution in [0.5, 0.6) is 0 Å². The van der Waals surface area contributed by atoms with Crippen molar-refractivity contribution in [1.82, 2.24) is 9.80 Å². The van der Waals surface area contributed by atoms with Gasteiger partial charge in [-0.05, 0) is 44.1 Å². The largest absolute Gasteiger partial charge is 0.459 e. The first-order valence-corrected chi connectivity index (χ1v) is 11.5. The van der Waals surface area contributed by atoms with Crippen LogP contribution < -0.4 is 17.2 Å². The lowest BCUT2D eigenvalue weighted by Gasteiger charge is -2.31. The lowest BCUT2D eigenvalue weighted by molar-refractivity contribution is -0.156. The van der Waals surface area contributed by atoms with Crippen molar-refractivity contribution in [3.63, 3.8) is 0 Å². The number of esters is 1. The minimum absolute atomic E-state index is 0.00237. The maximum atomic E-state index is 13.3. The molecule has 2 amide bonds. The summed E-state index contributed by atoms with van der Waals surface area (Å²) >= 11 is 0. The fourth-order valence-corrected chi connectivity index (χ4v) is 4.43. The van der Waals surface area contributed by atoms with Gasteiger partial charge < -0.3 is 31.7 Å². The van der Waals surface area contributed by atoms with E-state index in [4.69, 9.17) is 21.9 Å². The van der Waals surface area contributed by atoms with Crippen LogP contribution in [0.15, 0.2) is 35.3 Å². The number of rotatable bonds is 9. The van der Waals surface area contributed by atoms with Crippen LogP contribution in [0.3, 0.4) is 0 Å². The predicted octanol–water partition coefficient (Wildman–Crippen LogP) is 0.0927. The summed E-state index contributed by atoms with van der Waals surface area (Å²) in [5.41, 5.74) is 17.6. The normalized spacial score (nSPS) is 21.0. The van der Waals surface area contributed by atoms with Gasteiger partial charge in [-0.1, -0.05) is 30.3 Å². The van der Waals surface area contributed by atoms with Gasteiger partial charge in [0.25, 0.3) is 0 Å². The molecule has 10 nitrogen and oxygen atoms in total. The Labute approximate surface area is 194 Å². The number of nitrogens with zero attached hydrogens (tertiary/aromatic N) is 3. The molecule has 2 saturated heterocycles. The van der Waals surface area contributed by atoms with Crippen LogP contribution in [-0.4, -0.2) is 71.3 Å². The molecule has 2 heterocycles. The van der Waals surface area contributed by atoms with E-state index in [1.54, 1.807) is 9.80 Å². The molecule has 180 valence electrons. The van der Waals surface area contributed by atoms with Crippen molar-refractivity contribution in [2.45, 2.75) is 63.3 Å². The average molecular weight is 459 g/mol. The molecule has 3 atom stereocenters. The maximum Gasteiger partial charge on any atom is 0.329 e.